The Morgan fingerprint density at radius 1 is 1.50 bits per heavy atom. The first kappa shape index (κ1) is 11.4. The van der Waals surface area contributed by atoms with Crippen LogP contribution in [0.25, 0.3) is 0 Å². The molecular formula is C9H14ClNO. The van der Waals surface area contributed by atoms with E-state index in [-0.39, 0.29) is 11.2 Å². The predicted molar refractivity (Wildman–Crippen MR) is 48.7 cm³/mol. The molecule has 0 aromatic heterocycles. The van der Waals surface area contributed by atoms with E-state index in [9.17, 15) is 4.79 Å². The second kappa shape index (κ2) is 7.12. The number of nitriles is 1. The highest BCUT2D eigenvalue weighted by Crippen LogP contribution is 2.09. The summed E-state index contributed by atoms with van der Waals surface area (Å²) in [6.45, 7) is 1.91. The number of hydrogen-bond acceptors (Lipinski definition) is 2. The van der Waals surface area contributed by atoms with Crippen molar-refractivity contribution in [1.29, 1.82) is 5.26 Å². The fraction of sp³-hybridized carbons (Fsp3) is 0.778. The number of unbranched alkanes of at least 4 members (excludes halogenated alkanes) is 2. The van der Waals surface area contributed by atoms with Gasteiger partial charge in [0, 0.05) is 12.3 Å². The predicted octanol–water partition coefficient (Wildman–Crippen LogP) is 2.86. The largest absolute Gasteiger partial charge is 0.281 e. The molecule has 0 heterocycles. The van der Waals surface area contributed by atoms with Crippen molar-refractivity contribution in [3.8, 4) is 6.07 Å². The van der Waals surface area contributed by atoms with E-state index in [1.165, 1.54) is 0 Å². The van der Waals surface area contributed by atoms with E-state index >= 15 is 0 Å². The van der Waals surface area contributed by atoms with Crippen molar-refractivity contribution in [3.63, 3.8) is 0 Å². The Labute approximate surface area is 78.5 Å². The van der Waals surface area contributed by atoms with Gasteiger partial charge in [0.1, 0.15) is 0 Å². The van der Waals surface area contributed by atoms with E-state index in [4.69, 9.17) is 16.9 Å². The Morgan fingerprint density at radius 2 is 2.17 bits per heavy atom. The summed E-state index contributed by atoms with van der Waals surface area (Å²) >= 11 is 5.16. The number of halogens is 1. The van der Waals surface area contributed by atoms with E-state index in [0.717, 1.165) is 25.7 Å². The lowest BCUT2D eigenvalue weighted by atomic mass is 10.0. The smallest absolute Gasteiger partial charge is 0.221 e. The zero-order chi connectivity index (χ0) is 9.40. The summed E-state index contributed by atoms with van der Waals surface area (Å²) in [5.41, 5.74) is 0. The molecule has 2 nitrogen and oxygen atoms in total. The lowest BCUT2D eigenvalue weighted by Gasteiger charge is -2.00. The summed E-state index contributed by atoms with van der Waals surface area (Å²) in [4.78, 5) is 10.3. The third-order valence-corrected chi connectivity index (χ3v) is 1.92. The SMILES string of the molecule is CC(C#N)CCCCCC(=O)Cl. The number of carbonyl (C=O) groups excluding carboxylic acids is 1. The molecule has 0 radical (unpaired) electrons. The normalized spacial score (nSPS) is 12.1. The minimum atomic E-state index is -0.261. The molecule has 0 fully saturated rings. The van der Waals surface area contributed by atoms with Gasteiger partial charge in [0.05, 0.1) is 6.07 Å². The molecule has 0 N–H and O–H groups in total. The Hall–Kier alpha value is -0.550. The lowest BCUT2D eigenvalue weighted by Crippen LogP contribution is -1.91. The van der Waals surface area contributed by atoms with Crippen LogP contribution in [0.1, 0.15) is 39.0 Å². The standard InChI is InChI=1S/C9H14ClNO/c1-8(7-11)5-3-2-4-6-9(10)12/h8H,2-6H2,1H3. The van der Waals surface area contributed by atoms with Crippen molar-refractivity contribution < 1.29 is 4.79 Å². The summed E-state index contributed by atoms with van der Waals surface area (Å²) in [6, 6.07) is 2.17. The van der Waals surface area contributed by atoms with Gasteiger partial charge in [-0.3, -0.25) is 4.79 Å². The molecule has 68 valence electrons. The van der Waals surface area contributed by atoms with Crippen molar-refractivity contribution in [2.45, 2.75) is 39.0 Å². The fourth-order valence-electron chi connectivity index (χ4n) is 0.956. The van der Waals surface area contributed by atoms with Crippen LogP contribution in [-0.4, -0.2) is 5.24 Å². The van der Waals surface area contributed by atoms with Gasteiger partial charge in [-0.05, 0) is 31.4 Å². The van der Waals surface area contributed by atoms with Crippen LogP contribution in [0.2, 0.25) is 0 Å². The monoisotopic (exact) mass is 187 g/mol. The first-order valence-corrected chi connectivity index (χ1v) is 4.62. The van der Waals surface area contributed by atoms with E-state index in [1.54, 1.807) is 0 Å². The zero-order valence-electron chi connectivity index (χ0n) is 7.35. The molecule has 0 aliphatic carbocycles. The first-order chi connectivity index (χ1) is 5.66. The average molecular weight is 188 g/mol. The molecule has 0 aliphatic heterocycles. The van der Waals surface area contributed by atoms with E-state index < -0.39 is 0 Å². The van der Waals surface area contributed by atoms with Crippen LogP contribution in [0, 0.1) is 17.2 Å². The quantitative estimate of drug-likeness (QED) is 0.474. The topological polar surface area (TPSA) is 40.9 Å². The van der Waals surface area contributed by atoms with Gasteiger partial charge in [0.15, 0.2) is 0 Å². The number of nitrogens with zero attached hydrogens (tertiary/aromatic N) is 1. The molecule has 0 amide bonds. The Balaban J connectivity index is 3.12. The molecular weight excluding hydrogens is 174 g/mol. The highest BCUT2D eigenvalue weighted by atomic mass is 35.5. The minimum Gasteiger partial charge on any atom is -0.281 e. The van der Waals surface area contributed by atoms with Crippen LogP contribution in [0.15, 0.2) is 0 Å². The van der Waals surface area contributed by atoms with Crippen molar-refractivity contribution in [1.82, 2.24) is 0 Å². The highest BCUT2D eigenvalue weighted by Gasteiger charge is 1.99. The van der Waals surface area contributed by atoms with Crippen molar-refractivity contribution in [3.05, 3.63) is 0 Å². The highest BCUT2D eigenvalue weighted by molar-refractivity contribution is 6.63. The maximum Gasteiger partial charge on any atom is 0.221 e. The molecule has 0 spiro atoms. The average Bonchev–Trinajstić information content (AvgIpc) is 2.03. The van der Waals surface area contributed by atoms with Gasteiger partial charge in [0.25, 0.3) is 0 Å². The molecule has 0 aromatic carbocycles. The maximum absolute atomic E-state index is 10.3. The molecule has 0 bridgehead atoms. The summed E-state index contributed by atoms with van der Waals surface area (Å²) in [5.74, 6) is 0.136. The van der Waals surface area contributed by atoms with Gasteiger partial charge >= 0.3 is 0 Å². The lowest BCUT2D eigenvalue weighted by molar-refractivity contribution is -0.111. The number of carbonyl (C=O) groups is 1. The molecule has 3 heteroatoms. The van der Waals surface area contributed by atoms with Crippen molar-refractivity contribution >= 4 is 16.8 Å². The van der Waals surface area contributed by atoms with Gasteiger partial charge in [-0.2, -0.15) is 5.26 Å². The van der Waals surface area contributed by atoms with Crippen molar-refractivity contribution in [2.24, 2.45) is 5.92 Å². The minimum absolute atomic E-state index is 0.136. The van der Waals surface area contributed by atoms with Gasteiger partial charge in [-0.25, -0.2) is 0 Å². The van der Waals surface area contributed by atoms with Gasteiger partial charge in [-0.15, -0.1) is 0 Å². The molecule has 1 unspecified atom stereocenters. The molecule has 0 saturated carbocycles. The summed E-state index contributed by atoms with van der Waals surface area (Å²) in [5, 5.41) is 8.19. The maximum atomic E-state index is 10.3. The van der Waals surface area contributed by atoms with E-state index in [0.29, 0.717) is 6.42 Å². The molecule has 12 heavy (non-hydrogen) atoms. The molecule has 1 atom stereocenters. The Bertz CT molecular complexity index is 174. The molecule has 0 rings (SSSR count). The van der Waals surface area contributed by atoms with E-state index in [1.807, 2.05) is 6.92 Å². The van der Waals surface area contributed by atoms with Crippen LogP contribution in [0.4, 0.5) is 0 Å². The van der Waals surface area contributed by atoms with Crippen LogP contribution >= 0.6 is 11.6 Å². The summed E-state index contributed by atoms with van der Waals surface area (Å²) < 4.78 is 0. The van der Waals surface area contributed by atoms with Crippen LogP contribution in [0.3, 0.4) is 0 Å². The number of hydrogen-bond donors (Lipinski definition) is 0. The third kappa shape index (κ3) is 7.56. The second-order valence-corrected chi connectivity index (χ2v) is 3.41. The molecule has 0 aliphatic rings. The zero-order valence-corrected chi connectivity index (χ0v) is 8.10. The summed E-state index contributed by atoms with van der Waals surface area (Å²) in [6.07, 6.45) is 4.24. The van der Waals surface area contributed by atoms with Crippen LogP contribution < -0.4 is 0 Å². The van der Waals surface area contributed by atoms with E-state index in [2.05, 4.69) is 6.07 Å². The Kier molecular flexibility index (Phi) is 6.79. The third-order valence-electron chi connectivity index (χ3n) is 1.73. The van der Waals surface area contributed by atoms with Gasteiger partial charge in [-0.1, -0.05) is 12.8 Å². The number of rotatable bonds is 6. The molecule has 0 aromatic rings. The van der Waals surface area contributed by atoms with Gasteiger partial charge in [0.2, 0.25) is 5.24 Å². The van der Waals surface area contributed by atoms with Crippen LogP contribution in [0.5, 0.6) is 0 Å². The second-order valence-electron chi connectivity index (χ2n) is 2.98. The van der Waals surface area contributed by atoms with Crippen molar-refractivity contribution in [2.75, 3.05) is 0 Å². The molecule has 0 saturated heterocycles. The van der Waals surface area contributed by atoms with Gasteiger partial charge < -0.3 is 0 Å². The van der Waals surface area contributed by atoms with Crippen LogP contribution in [-0.2, 0) is 4.79 Å². The first-order valence-electron chi connectivity index (χ1n) is 4.24. The summed E-state index contributed by atoms with van der Waals surface area (Å²) in [7, 11) is 0. The Morgan fingerprint density at radius 3 is 2.67 bits per heavy atom. The fourth-order valence-corrected chi connectivity index (χ4v) is 1.09.